The third-order valence-corrected chi connectivity index (χ3v) is 5.43. The van der Waals surface area contributed by atoms with Crippen molar-refractivity contribution in [1.29, 1.82) is 0 Å². The Morgan fingerprint density at radius 1 is 0.857 bits per heavy atom. The van der Waals surface area contributed by atoms with E-state index in [0.29, 0.717) is 17.9 Å². The summed E-state index contributed by atoms with van der Waals surface area (Å²) in [6, 6.07) is 17.4. The van der Waals surface area contributed by atoms with E-state index >= 15 is 0 Å². The number of cyclic esters (lactones) is 2. The highest BCUT2D eigenvalue weighted by atomic mass is 16.6. The highest BCUT2D eigenvalue weighted by molar-refractivity contribution is 5.91. The number of carbonyl (C=O) groups is 4. The van der Waals surface area contributed by atoms with Crippen molar-refractivity contribution in [3.63, 3.8) is 0 Å². The van der Waals surface area contributed by atoms with Gasteiger partial charge < -0.3 is 14.8 Å². The average Bonchev–Trinajstić information content (AvgIpc) is 3.39. The average molecular weight is 476 g/mol. The highest BCUT2D eigenvalue weighted by Crippen LogP contribution is 2.29. The molecule has 2 aliphatic rings. The zero-order valence-corrected chi connectivity index (χ0v) is 19.2. The Labute approximate surface area is 202 Å². The lowest BCUT2D eigenvalue weighted by atomic mass is 10.0. The molecule has 2 aliphatic heterocycles. The van der Waals surface area contributed by atoms with Crippen LogP contribution in [0.3, 0.4) is 0 Å². The lowest BCUT2D eigenvalue weighted by Gasteiger charge is -2.15. The first-order chi connectivity index (χ1) is 16.8. The smallest absolute Gasteiger partial charge is 0.415 e. The number of ether oxygens (including phenoxy) is 2. The standard InChI is InChI=1S/C25H24N4O6/c1-16(30)26-12-11-22-14-28(24(32)34-22)20-7-3-18(4-8-20)19-5-9-21(10-6-19)29-15-23(35-25(29)33)13-27-17(2)31/h3-10,22-23H,13-15H2,1-2H3,(H,26,30)(H,27,31)/t22-,23-/m0/s1. The van der Waals surface area contributed by atoms with Gasteiger partial charge in [-0.05, 0) is 41.3 Å². The number of carbonyl (C=O) groups excluding carboxylic acids is 4. The second-order valence-electron chi connectivity index (χ2n) is 8.08. The molecule has 2 fully saturated rings. The van der Waals surface area contributed by atoms with Crippen LogP contribution in [-0.2, 0) is 19.1 Å². The van der Waals surface area contributed by atoms with Gasteiger partial charge in [-0.1, -0.05) is 24.3 Å². The molecule has 0 bridgehead atoms. The fourth-order valence-electron chi connectivity index (χ4n) is 3.72. The minimum absolute atomic E-state index is 0.174. The summed E-state index contributed by atoms with van der Waals surface area (Å²) in [4.78, 5) is 49.4. The molecule has 0 aromatic heterocycles. The second kappa shape index (κ2) is 10.2. The highest BCUT2D eigenvalue weighted by Gasteiger charge is 2.33. The van der Waals surface area contributed by atoms with Gasteiger partial charge in [0.05, 0.1) is 19.6 Å². The fourth-order valence-corrected chi connectivity index (χ4v) is 3.72. The molecule has 10 nitrogen and oxygen atoms in total. The molecule has 2 aromatic rings. The maximum atomic E-state index is 12.2. The number of rotatable bonds is 5. The molecule has 2 heterocycles. The molecule has 10 heteroatoms. The molecule has 2 aromatic carbocycles. The molecule has 180 valence electrons. The van der Waals surface area contributed by atoms with E-state index in [1.807, 2.05) is 48.5 Å². The fraction of sp³-hybridized carbons (Fsp3) is 0.280. The van der Waals surface area contributed by atoms with Crippen LogP contribution in [0.15, 0.2) is 48.5 Å². The Balaban J connectivity index is 1.39. The maximum Gasteiger partial charge on any atom is 0.415 e. The van der Waals surface area contributed by atoms with Crippen LogP contribution in [0, 0.1) is 12.0 Å². The van der Waals surface area contributed by atoms with Crippen LogP contribution < -0.4 is 20.4 Å². The SMILES string of the molecule is CC(=O)NC#C[C@H]1CN(c2ccc(-c3ccc(N4C[C@H](CNC(C)=O)OC4=O)cc3)cc2)C(=O)O1. The van der Waals surface area contributed by atoms with Gasteiger partial charge in [0.25, 0.3) is 0 Å². The van der Waals surface area contributed by atoms with Crippen molar-refractivity contribution in [3.8, 4) is 23.1 Å². The predicted octanol–water partition coefficient (Wildman–Crippen LogP) is 2.24. The van der Waals surface area contributed by atoms with Gasteiger partial charge in [0.2, 0.25) is 11.8 Å². The van der Waals surface area contributed by atoms with Crippen LogP contribution in [0.25, 0.3) is 11.1 Å². The predicted molar refractivity (Wildman–Crippen MR) is 127 cm³/mol. The zero-order valence-electron chi connectivity index (χ0n) is 19.2. The van der Waals surface area contributed by atoms with Gasteiger partial charge in [-0.25, -0.2) is 9.59 Å². The molecule has 4 rings (SSSR count). The van der Waals surface area contributed by atoms with E-state index in [9.17, 15) is 19.2 Å². The molecule has 0 radical (unpaired) electrons. The molecule has 35 heavy (non-hydrogen) atoms. The van der Waals surface area contributed by atoms with Crippen LogP contribution in [0.4, 0.5) is 21.0 Å². The zero-order chi connectivity index (χ0) is 24.9. The molecular weight excluding hydrogens is 452 g/mol. The number of amides is 4. The number of hydrogen-bond acceptors (Lipinski definition) is 6. The molecule has 0 spiro atoms. The first kappa shape index (κ1) is 23.6. The monoisotopic (exact) mass is 476 g/mol. The summed E-state index contributed by atoms with van der Waals surface area (Å²) in [7, 11) is 0. The molecule has 2 atom stereocenters. The number of benzene rings is 2. The topological polar surface area (TPSA) is 117 Å². The van der Waals surface area contributed by atoms with Gasteiger partial charge in [-0.15, -0.1) is 0 Å². The summed E-state index contributed by atoms with van der Waals surface area (Å²) in [5, 5.41) is 5.01. The Bertz CT molecular complexity index is 1200. The molecular formula is C25H24N4O6. The van der Waals surface area contributed by atoms with Crippen LogP contribution in [0.5, 0.6) is 0 Å². The van der Waals surface area contributed by atoms with Crippen molar-refractivity contribution in [2.45, 2.75) is 26.1 Å². The largest absolute Gasteiger partial charge is 0.442 e. The van der Waals surface area contributed by atoms with Crippen LogP contribution in [0.1, 0.15) is 13.8 Å². The third kappa shape index (κ3) is 5.70. The summed E-state index contributed by atoms with van der Waals surface area (Å²) in [5.74, 6) is 2.25. The maximum absolute atomic E-state index is 12.2. The van der Waals surface area contributed by atoms with E-state index in [4.69, 9.17) is 9.47 Å². The van der Waals surface area contributed by atoms with Gasteiger partial charge in [0, 0.05) is 31.3 Å². The van der Waals surface area contributed by atoms with Crippen molar-refractivity contribution in [2.24, 2.45) is 0 Å². The van der Waals surface area contributed by atoms with Crippen LogP contribution in [-0.4, -0.2) is 55.8 Å². The van der Waals surface area contributed by atoms with E-state index in [1.165, 1.54) is 23.6 Å². The van der Waals surface area contributed by atoms with Crippen LogP contribution >= 0.6 is 0 Å². The lowest BCUT2D eigenvalue weighted by molar-refractivity contribution is -0.119. The quantitative estimate of drug-likeness (QED) is 0.505. The number of nitrogens with zero attached hydrogens (tertiary/aromatic N) is 2. The minimum atomic E-state index is -0.628. The Hall–Kier alpha value is -4.52. The second-order valence-corrected chi connectivity index (χ2v) is 8.08. The van der Waals surface area contributed by atoms with Crippen molar-refractivity contribution in [3.05, 3.63) is 48.5 Å². The van der Waals surface area contributed by atoms with Crippen LogP contribution in [0.2, 0.25) is 0 Å². The first-order valence-electron chi connectivity index (χ1n) is 11.0. The third-order valence-electron chi connectivity index (χ3n) is 5.43. The van der Waals surface area contributed by atoms with Gasteiger partial charge >= 0.3 is 12.2 Å². The Morgan fingerprint density at radius 3 is 1.94 bits per heavy atom. The summed E-state index contributed by atoms with van der Waals surface area (Å²) in [5.41, 5.74) is 3.24. The van der Waals surface area contributed by atoms with Crippen molar-refractivity contribution >= 4 is 35.4 Å². The lowest BCUT2D eigenvalue weighted by Crippen LogP contribution is -2.33. The van der Waals surface area contributed by atoms with E-state index in [0.717, 1.165) is 11.1 Å². The molecule has 0 aliphatic carbocycles. The van der Waals surface area contributed by atoms with E-state index in [1.54, 1.807) is 0 Å². The summed E-state index contributed by atoms with van der Waals surface area (Å²) in [6.07, 6.45) is -1.97. The summed E-state index contributed by atoms with van der Waals surface area (Å²) >= 11 is 0. The van der Waals surface area contributed by atoms with E-state index < -0.39 is 24.4 Å². The van der Waals surface area contributed by atoms with Gasteiger partial charge in [0.1, 0.15) is 6.10 Å². The van der Waals surface area contributed by atoms with Gasteiger partial charge in [-0.2, -0.15) is 0 Å². The molecule has 0 unspecified atom stereocenters. The normalized spacial score (nSPS) is 18.9. The van der Waals surface area contributed by atoms with Crippen molar-refractivity contribution in [1.82, 2.24) is 10.6 Å². The van der Waals surface area contributed by atoms with Crippen molar-refractivity contribution < 1.29 is 28.7 Å². The number of anilines is 2. The minimum Gasteiger partial charge on any atom is -0.442 e. The summed E-state index contributed by atoms with van der Waals surface area (Å²) in [6.45, 7) is 3.65. The Kier molecular flexibility index (Phi) is 6.87. The van der Waals surface area contributed by atoms with Gasteiger partial charge in [0.15, 0.2) is 6.10 Å². The molecule has 2 N–H and O–H groups in total. The molecule has 2 saturated heterocycles. The number of hydrogen-bond donors (Lipinski definition) is 2. The van der Waals surface area contributed by atoms with Crippen molar-refractivity contribution in [2.75, 3.05) is 29.4 Å². The molecule has 4 amide bonds. The number of nitrogens with one attached hydrogen (secondary N) is 2. The van der Waals surface area contributed by atoms with E-state index in [2.05, 4.69) is 22.6 Å². The van der Waals surface area contributed by atoms with Gasteiger partial charge in [-0.3, -0.25) is 24.7 Å². The molecule has 0 saturated carbocycles. The summed E-state index contributed by atoms with van der Waals surface area (Å²) < 4.78 is 10.5. The first-order valence-corrected chi connectivity index (χ1v) is 11.0. The Morgan fingerprint density at radius 2 is 1.40 bits per heavy atom. The van der Waals surface area contributed by atoms with E-state index in [-0.39, 0.29) is 24.9 Å².